The van der Waals surface area contributed by atoms with Gasteiger partial charge in [0, 0.05) is 12.8 Å². The highest BCUT2D eigenvalue weighted by molar-refractivity contribution is 7.46. The van der Waals surface area contributed by atoms with E-state index in [9.17, 15) is 14.2 Å². The van der Waals surface area contributed by atoms with Crippen LogP contribution >= 0.6 is 7.82 Å². The Hall–Kier alpha value is -1.21. The van der Waals surface area contributed by atoms with Crippen LogP contribution in [0, 0.1) is 0 Å². The number of phosphoric ester groups is 1. The minimum absolute atomic E-state index is 0.205. The highest BCUT2D eigenvalue weighted by Crippen LogP contribution is 2.35. The maximum absolute atomic E-state index is 12.3. The molecule has 8 nitrogen and oxygen atoms in total. The third kappa shape index (κ3) is 31.7. The van der Waals surface area contributed by atoms with Gasteiger partial charge in [0.2, 0.25) is 0 Å². The van der Waals surface area contributed by atoms with Gasteiger partial charge in [0.25, 0.3) is 0 Å². The van der Waals surface area contributed by atoms with E-state index in [-0.39, 0.29) is 19.4 Å². The number of unbranched alkanes of at least 4 members (excludes halogenated alkanes) is 19. The molecule has 9 heteroatoms. The molecule has 0 saturated heterocycles. The predicted molar refractivity (Wildman–Crippen MR) is 170 cm³/mol. The molecule has 1 unspecified atom stereocenters. The summed E-state index contributed by atoms with van der Waals surface area (Å²) in [4.78, 5) is 42.5. The molecule has 0 aromatic rings. The Morgan fingerprint density at radius 2 is 1.00 bits per heavy atom. The Labute approximate surface area is 257 Å². The van der Waals surface area contributed by atoms with Crippen LogP contribution in [-0.2, 0) is 28.2 Å². The summed E-state index contributed by atoms with van der Waals surface area (Å²) in [6.07, 6.45) is 29.3. The maximum atomic E-state index is 12.3. The summed E-state index contributed by atoms with van der Waals surface area (Å²) in [5.41, 5.74) is 0. The Morgan fingerprint density at radius 3 is 1.50 bits per heavy atom. The van der Waals surface area contributed by atoms with Crippen molar-refractivity contribution in [3.63, 3.8) is 0 Å². The summed E-state index contributed by atoms with van der Waals surface area (Å²) in [6, 6.07) is 0. The van der Waals surface area contributed by atoms with Crippen molar-refractivity contribution in [3.05, 3.63) is 12.2 Å². The normalized spacial score (nSPS) is 12.6. The van der Waals surface area contributed by atoms with Gasteiger partial charge in [0.1, 0.15) is 6.61 Å². The second kappa shape index (κ2) is 29.8. The summed E-state index contributed by atoms with van der Waals surface area (Å²) in [5.74, 6) is -0.892. The lowest BCUT2D eigenvalue weighted by molar-refractivity contribution is -0.161. The number of carbonyl (C=O) groups excluding carboxylic acids is 2. The molecule has 0 heterocycles. The van der Waals surface area contributed by atoms with Gasteiger partial charge in [-0.3, -0.25) is 14.1 Å². The lowest BCUT2D eigenvalue weighted by Gasteiger charge is -2.18. The lowest BCUT2D eigenvalue weighted by atomic mass is 10.0. The van der Waals surface area contributed by atoms with E-state index in [4.69, 9.17) is 19.3 Å². The van der Waals surface area contributed by atoms with Crippen LogP contribution in [-0.4, -0.2) is 41.0 Å². The average Bonchev–Trinajstić information content (AvgIpc) is 2.95. The Bertz CT molecular complexity index is 706. The number of carbonyl (C=O) groups is 2. The zero-order valence-corrected chi connectivity index (χ0v) is 27.8. The smallest absolute Gasteiger partial charge is 0.462 e. The molecule has 2 N–H and O–H groups in total. The first-order valence-corrected chi connectivity index (χ1v) is 18.5. The monoisotopic (exact) mass is 618 g/mol. The molecular formula is C33H63O8P. The van der Waals surface area contributed by atoms with Crippen LogP contribution in [0.5, 0.6) is 0 Å². The number of ether oxygens (including phenoxy) is 2. The Kier molecular flexibility index (Phi) is 29.0. The highest BCUT2D eigenvalue weighted by Gasteiger charge is 2.22. The molecule has 0 aliphatic rings. The number of esters is 2. The minimum Gasteiger partial charge on any atom is -0.462 e. The Balaban J connectivity index is 4.01. The number of allylic oxidation sites excluding steroid dienone is 2. The fourth-order valence-electron chi connectivity index (χ4n) is 4.72. The van der Waals surface area contributed by atoms with Crippen molar-refractivity contribution >= 4 is 19.8 Å². The highest BCUT2D eigenvalue weighted by atomic mass is 31.2. The number of phosphoric acid groups is 1. The van der Waals surface area contributed by atoms with Crippen molar-refractivity contribution in [3.8, 4) is 0 Å². The van der Waals surface area contributed by atoms with E-state index in [0.717, 1.165) is 57.8 Å². The van der Waals surface area contributed by atoms with Gasteiger partial charge in [-0.05, 0) is 38.5 Å². The fourth-order valence-corrected chi connectivity index (χ4v) is 5.08. The van der Waals surface area contributed by atoms with Gasteiger partial charge in [-0.25, -0.2) is 4.57 Å². The summed E-state index contributed by atoms with van der Waals surface area (Å²) in [6.45, 7) is 3.63. The van der Waals surface area contributed by atoms with Gasteiger partial charge in [0.05, 0.1) is 6.61 Å². The standard InChI is InChI=1S/C33H63O8P/c1-3-5-7-9-11-13-15-17-19-21-23-25-27-32(34)39-29-31(30-40-42(36,37)38)41-33(35)28-26-24-22-20-18-16-14-12-10-8-6-4-2/h12,14,31H,3-11,13,15-30H2,1-2H3,(H2,36,37,38)/b14-12-. The third-order valence-electron chi connectivity index (χ3n) is 7.28. The van der Waals surface area contributed by atoms with E-state index in [1.54, 1.807) is 0 Å². The number of hydrogen-bond acceptors (Lipinski definition) is 6. The summed E-state index contributed by atoms with van der Waals surface area (Å²) >= 11 is 0. The number of rotatable bonds is 31. The van der Waals surface area contributed by atoms with Crippen LogP contribution in [0.15, 0.2) is 12.2 Å². The van der Waals surface area contributed by atoms with Crippen LogP contribution in [0.3, 0.4) is 0 Å². The maximum Gasteiger partial charge on any atom is 0.469 e. The molecule has 0 aliphatic heterocycles. The first-order chi connectivity index (χ1) is 20.3. The zero-order valence-electron chi connectivity index (χ0n) is 26.9. The lowest BCUT2D eigenvalue weighted by Crippen LogP contribution is -2.29. The van der Waals surface area contributed by atoms with Crippen LogP contribution < -0.4 is 0 Å². The van der Waals surface area contributed by atoms with Crippen molar-refractivity contribution < 1.29 is 37.9 Å². The summed E-state index contributed by atoms with van der Waals surface area (Å²) < 4.78 is 26.2. The average molecular weight is 619 g/mol. The SMILES string of the molecule is CCCCC/C=C\CCCCCCCC(=O)OC(COC(=O)CCCCCCCCCCCCCC)COP(=O)(O)O. The van der Waals surface area contributed by atoms with E-state index in [1.165, 1.54) is 77.0 Å². The quantitative estimate of drug-likeness (QED) is 0.0341. The van der Waals surface area contributed by atoms with Gasteiger partial charge in [-0.1, -0.05) is 129 Å². The van der Waals surface area contributed by atoms with Gasteiger partial charge in [-0.15, -0.1) is 0 Å². The molecular weight excluding hydrogens is 555 g/mol. The molecule has 248 valence electrons. The first-order valence-electron chi connectivity index (χ1n) is 17.0. The molecule has 0 aliphatic carbocycles. The fraction of sp³-hybridized carbons (Fsp3) is 0.879. The summed E-state index contributed by atoms with van der Waals surface area (Å²) in [5, 5.41) is 0. The molecule has 0 saturated carbocycles. The molecule has 0 radical (unpaired) electrons. The van der Waals surface area contributed by atoms with Crippen molar-refractivity contribution in [2.45, 2.75) is 174 Å². The van der Waals surface area contributed by atoms with Crippen molar-refractivity contribution in [1.29, 1.82) is 0 Å². The molecule has 1 atom stereocenters. The van der Waals surface area contributed by atoms with E-state index >= 15 is 0 Å². The molecule has 0 aromatic heterocycles. The van der Waals surface area contributed by atoms with Crippen molar-refractivity contribution in [2.24, 2.45) is 0 Å². The molecule has 0 bridgehead atoms. The molecule has 0 spiro atoms. The minimum atomic E-state index is -4.74. The van der Waals surface area contributed by atoms with E-state index < -0.39 is 32.5 Å². The second-order valence-corrected chi connectivity index (χ2v) is 12.7. The topological polar surface area (TPSA) is 119 Å². The van der Waals surface area contributed by atoms with Crippen molar-refractivity contribution in [2.75, 3.05) is 13.2 Å². The van der Waals surface area contributed by atoms with Crippen molar-refractivity contribution in [1.82, 2.24) is 0 Å². The van der Waals surface area contributed by atoms with Crippen LogP contribution in [0.2, 0.25) is 0 Å². The predicted octanol–water partition coefficient (Wildman–Crippen LogP) is 9.51. The molecule has 0 aromatic carbocycles. The Morgan fingerprint density at radius 1 is 0.595 bits per heavy atom. The van der Waals surface area contributed by atoms with Crippen LogP contribution in [0.25, 0.3) is 0 Å². The van der Waals surface area contributed by atoms with Crippen LogP contribution in [0.4, 0.5) is 0 Å². The third-order valence-corrected chi connectivity index (χ3v) is 7.77. The first kappa shape index (κ1) is 40.8. The van der Waals surface area contributed by atoms with Gasteiger partial charge in [-0.2, -0.15) is 0 Å². The number of hydrogen-bond donors (Lipinski definition) is 2. The van der Waals surface area contributed by atoms with E-state index in [1.807, 2.05) is 0 Å². The molecule has 0 fully saturated rings. The van der Waals surface area contributed by atoms with E-state index in [2.05, 4.69) is 30.5 Å². The largest absolute Gasteiger partial charge is 0.469 e. The summed E-state index contributed by atoms with van der Waals surface area (Å²) in [7, 11) is -4.74. The molecule has 0 rings (SSSR count). The van der Waals surface area contributed by atoms with Gasteiger partial charge in [0.15, 0.2) is 6.10 Å². The van der Waals surface area contributed by atoms with Gasteiger partial charge < -0.3 is 19.3 Å². The van der Waals surface area contributed by atoms with Gasteiger partial charge >= 0.3 is 19.8 Å². The second-order valence-electron chi connectivity index (χ2n) is 11.5. The molecule has 42 heavy (non-hydrogen) atoms. The van der Waals surface area contributed by atoms with Crippen LogP contribution in [0.1, 0.15) is 168 Å². The zero-order chi connectivity index (χ0) is 31.2. The molecule has 0 amide bonds. The van der Waals surface area contributed by atoms with E-state index in [0.29, 0.717) is 6.42 Å².